The molecule has 0 aliphatic rings. The molecule has 0 aliphatic carbocycles. The Morgan fingerprint density at radius 1 is 1.42 bits per heavy atom. The Balaban J connectivity index is 3.33. The van der Waals surface area contributed by atoms with Crippen molar-refractivity contribution in [2.75, 3.05) is 5.73 Å². The van der Waals surface area contributed by atoms with Crippen molar-refractivity contribution in [1.82, 2.24) is 0 Å². The zero-order valence-corrected chi connectivity index (χ0v) is 8.76. The third-order valence-corrected chi connectivity index (χ3v) is 3.00. The van der Waals surface area contributed by atoms with Crippen LogP contribution >= 0.6 is 22.6 Å². The van der Waals surface area contributed by atoms with E-state index in [2.05, 4.69) is 0 Å². The van der Waals surface area contributed by atoms with Gasteiger partial charge in [0.05, 0.1) is 4.90 Å². The molecular weight excluding hydrogens is 296 g/mol. The molecule has 0 fully saturated rings. The number of rotatable bonds is 1. The van der Waals surface area contributed by atoms with Gasteiger partial charge in [0.2, 0.25) is 0 Å². The zero-order valence-electron chi connectivity index (χ0n) is 5.79. The first-order chi connectivity index (χ1) is 5.41. The number of benzene rings is 1. The lowest BCUT2D eigenvalue weighted by molar-refractivity contribution is 0.552. The summed E-state index contributed by atoms with van der Waals surface area (Å²) in [5.41, 5.74) is 5.84. The molecule has 0 radical (unpaired) electrons. The first-order valence-corrected chi connectivity index (χ1v) is 5.37. The molecule has 1 aromatic carbocycles. The molecule has 0 aromatic heterocycles. The highest BCUT2D eigenvalue weighted by Crippen LogP contribution is 2.20. The summed E-state index contributed by atoms with van der Waals surface area (Å²) in [6.45, 7) is 0. The normalized spacial score (nSPS) is 11.5. The summed E-state index contributed by atoms with van der Waals surface area (Å²) in [5.74, 6) is 0. The van der Waals surface area contributed by atoms with E-state index in [0.717, 1.165) is 6.07 Å². The Labute approximate surface area is 83.1 Å². The second-order valence-electron chi connectivity index (χ2n) is 2.12. The summed E-state index contributed by atoms with van der Waals surface area (Å²) in [4.78, 5) is -0.360. The fourth-order valence-electron chi connectivity index (χ4n) is 0.660. The highest BCUT2D eigenvalue weighted by molar-refractivity contribution is 14.1. The highest BCUT2D eigenvalue weighted by atomic mass is 127. The van der Waals surface area contributed by atoms with E-state index in [1.165, 1.54) is 12.1 Å². The van der Waals surface area contributed by atoms with Crippen LogP contribution in [0.3, 0.4) is 0 Å². The van der Waals surface area contributed by atoms with Crippen LogP contribution in [0.2, 0.25) is 0 Å². The van der Waals surface area contributed by atoms with Gasteiger partial charge >= 0.3 is 10.2 Å². The number of anilines is 1. The zero-order chi connectivity index (χ0) is 9.35. The smallest absolute Gasteiger partial charge is 0.332 e. The summed E-state index contributed by atoms with van der Waals surface area (Å²) in [7, 11) is -4.60. The average molecular weight is 301 g/mol. The van der Waals surface area contributed by atoms with Crippen LogP contribution < -0.4 is 5.73 Å². The number of nitrogens with two attached hydrogens (primary N) is 1. The predicted molar refractivity (Wildman–Crippen MR) is 51.9 cm³/mol. The molecule has 0 aliphatic heterocycles. The third-order valence-electron chi connectivity index (χ3n) is 1.25. The summed E-state index contributed by atoms with van der Waals surface area (Å²) in [6.07, 6.45) is 0. The predicted octanol–water partition coefficient (Wildman–Crippen LogP) is 1.53. The standard InChI is InChI=1S/C6H5FINO2S/c7-12(10,11)4-1-2-6(9)5(8)3-4/h1-3H,9H2. The van der Waals surface area contributed by atoms with Crippen molar-refractivity contribution >= 4 is 38.5 Å². The maximum Gasteiger partial charge on any atom is 0.332 e. The largest absolute Gasteiger partial charge is 0.398 e. The summed E-state index contributed by atoms with van der Waals surface area (Å²) < 4.78 is 33.7. The molecule has 6 heteroatoms. The molecule has 0 amide bonds. The van der Waals surface area contributed by atoms with Crippen LogP contribution in [0.1, 0.15) is 0 Å². The van der Waals surface area contributed by atoms with Gasteiger partial charge in [0.15, 0.2) is 0 Å². The average Bonchev–Trinajstić information content (AvgIpc) is 1.92. The van der Waals surface area contributed by atoms with Crippen LogP contribution in [0.25, 0.3) is 0 Å². The number of hydrogen-bond acceptors (Lipinski definition) is 3. The molecule has 1 aromatic rings. The van der Waals surface area contributed by atoms with E-state index in [1.807, 2.05) is 22.6 Å². The van der Waals surface area contributed by atoms with Crippen LogP contribution in [0.15, 0.2) is 23.1 Å². The molecule has 0 saturated heterocycles. The molecule has 1 rings (SSSR count). The Kier molecular flexibility index (Phi) is 2.57. The molecular formula is C6H5FINO2S. The van der Waals surface area contributed by atoms with Gasteiger partial charge in [0, 0.05) is 9.26 Å². The van der Waals surface area contributed by atoms with Crippen LogP contribution in [0.4, 0.5) is 9.57 Å². The van der Waals surface area contributed by atoms with Gasteiger partial charge in [0.25, 0.3) is 0 Å². The molecule has 0 spiro atoms. The van der Waals surface area contributed by atoms with Crippen molar-refractivity contribution in [2.45, 2.75) is 4.90 Å². The molecule has 66 valence electrons. The van der Waals surface area contributed by atoms with Crippen molar-refractivity contribution in [1.29, 1.82) is 0 Å². The Morgan fingerprint density at radius 2 is 2.00 bits per heavy atom. The topological polar surface area (TPSA) is 60.2 Å². The van der Waals surface area contributed by atoms with Crippen molar-refractivity contribution < 1.29 is 12.3 Å². The van der Waals surface area contributed by atoms with Crippen LogP contribution in [-0.2, 0) is 10.2 Å². The second kappa shape index (κ2) is 3.17. The Morgan fingerprint density at radius 3 is 2.42 bits per heavy atom. The molecule has 0 atom stereocenters. The number of hydrogen-bond donors (Lipinski definition) is 1. The SMILES string of the molecule is Nc1ccc(S(=O)(=O)F)cc1I. The van der Waals surface area contributed by atoms with Crippen LogP contribution in [0.5, 0.6) is 0 Å². The van der Waals surface area contributed by atoms with E-state index in [4.69, 9.17) is 5.73 Å². The maximum absolute atomic E-state index is 12.4. The molecule has 0 heterocycles. The molecule has 12 heavy (non-hydrogen) atoms. The second-order valence-corrected chi connectivity index (χ2v) is 4.63. The lowest BCUT2D eigenvalue weighted by Crippen LogP contribution is -1.95. The van der Waals surface area contributed by atoms with Gasteiger partial charge in [-0.1, -0.05) is 0 Å². The molecule has 0 unspecified atom stereocenters. The van der Waals surface area contributed by atoms with E-state index < -0.39 is 10.2 Å². The van der Waals surface area contributed by atoms with Crippen LogP contribution in [-0.4, -0.2) is 8.42 Å². The minimum Gasteiger partial charge on any atom is -0.398 e. The Bertz CT molecular complexity index is 404. The van der Waals surface area contributed by atoms with Crippen molar-refractivity contribution in [3.63, 3.8) is 0 Å². The van der Waals surface area contributed by atoms with Crippen molar-refractivity contribution in [3.8, 4) is 0 Å². The first-order valence-electron chi connectivity index (χ1n) is 2.91. The van der Waals surface area contributed by atoms with Gasteiger partial charge in [0.1, 0.15) is 0 Å². The lowest BCUT2D eigenvalue weighted by Gasteiger charge is -1.98. The monoisotopic (exact) mass is 301 g/mol. The maximum atomic E-state index is 12.4. The van der Waals surface area contributed by atoms with Gasteiger partial charge in [-0.2, -0.15) is 8.42 Å². The fraction of sp³-hybridized carbons (Fsp3) is 0. The van der Waals surface area contributed by atoms with Gasteiger partial charge in [-0.3, -0.25) is 0 Å². The molecule has 0 bridgehead atoms. The van der Waals surface area contributed by atoms with E-state index >= 15 is 0 Å². The first kappa shape index (κ1) is 9.72. The van der Waals surface area contributed by atoms with E-state index in [1.54, 1.807) is 0 Å². The minimum atomic E-state index is -4.60. The van der Waals surface area contributed by atoms with Crippen molar-refractivity contribution in [2.24, 2.45) is 0 Å². The summed E-state index contributed by atoms with van der Waals surface area (Å²) in [5, 5.41) is 0. The minimum absolute atomic E-state index is 0.360. The van der Waals surface area contributed by atoms with Gasteiger partial charge in [-0.15, -0.1) is 3.89 Å². The van der Waals surface area contributed by atoms with E-state index in [9.17, 15) is 12.3 Å². The van der Waals surface area contributed by atoms with Crippen LogP contribution in [0, 0.1) is 3.57 Å². The fourth-order valence-corrected chi connectivity index (χ4v) is 1.88. The van der Waals surface area contributed by atoms with Gasteiger partial charge in [-0.05, 0) is 40.8 Å². The summed E-state index contributed by atoms with van der Waals surface area (Å²) in [6, 6.07) is 3.67. The number of halogens is 2. The van der Waals surface area contributed by atoms with Gasteiger partial charge in [-0.25, -0.2) is 0 Å². The van der Waals surface area contributed by atoms with Gasteiger partial charge < -0.3 is 5.73 Å². The number of nitrogen functional groups attached to an aromatic ring is 1. The molecule has 3 nitrogen and oxygen atoms in total. The Hall–Kier alpha value is -0.370. The highest BCUT2D eigenvalue weighted by Gasteiger charge is 2.12. The quantitative estimate of drug-likeness (QED) is 0.486. The van der Waals surface area contributed by atoms with Crippen molar-refractivity contribution in [3.05, 3.63) is 21.8 Å². The van der Waals surface area contributed by atoms with E-state index in [0.29, 0.717) is 9.26 Å². The molecule has 0 saturated carbocycles. The lowest BCUT2D eigenvalue weighted by atomic mass is 10.3. The summed E-state index contributed by atoms with van der Waals surface area (Å²) >= 11 is 1.83. The van der Waals surface area contributed by atoms with E-state index in [-0.39, 0.29) is 4.90 Å². The third kappa shape index (κ3) is 2.07. The molecule has 2 N–H and O–H groups in total.